The van der Waals surface area contributed by atoms with Gasteiger partial charge in [-0.2, -0.15) is 0 Å². The molecule has 1 N–H and O–H groups in total. The molecule has 2 unspecified atom stereocenters. The maximum atomic E-state index is 12.6. The van der Waals surface area contributed by atoms with E-state index in [0.29, 0.717) is 18.2 Å². The Bertz CT molecular complexity index is 606. The lowest BCUT2D eigenvalue weighted by molar-refractivity contribution is -0.150. The monoisotopic (exact) mass is 352 g/mol. The molecule has 1 heterocycles. The molecular weight excluding hydrogens is 328 g/mol. The number of nitrogens with zero attached hydrogens (tertiary/aromatic N) is 1. The lowest BCUT2D eigenvalue weighted by Gasteiger charge is -2.35. The number of piperidine rings is 1. The summed E-state index contributed by atoms with van der Waals surface area (Å²) in [4.78, 5) is 26.6. The molecule has 0 aromatic heterocycles. The molecule has 1 aliphatic heterocycles. The summed E-state index contributed by atoms with van der Waals surface area (Å²) < 4.78 is 5.11. The Balaban J connectivity index is 1.99. The van der Waals surface area contributed by atoms with Crippen LogP contribution in [-0.4, -0.2) is 42.5 Å². The molecule has 24 heavy (non-hydrogen) atoms. The quantitative estimate of drug-likeness (QED) is 0.826. The van der Waals surface area contributed by atoms with Crippen LogP contribution >= 0.6 is 11.6 Å². The van der Waals surface area contributed by atoms with E-state index < -0.39 is 0 Å². The lowest BCUT2D eigenvalue weighted by Crippen LogP contribution is -2.48. The van der Waals surface area contributed by atoms with Crippen LogP contribution in [0.5, 0.6) is 0 Å². The fourth-order valence-electron chi connectivity index (χ4n) is 2.96. The minimum atomic E-state index is -0.319. The highest BCUT2D eigenvalue weighted by molar-refractivity contribution is 6.31. The van der Waals surface area contributed by atoms with E-state index in [0.717, 1.165) is 30.6 Å². The number of carbonyl (C=O) groups is 2. The number of nitrogens with one attached hydrogen (secondary N) is 1. The molecule has 1 aliphatic rings. The number of likely N-dealkylation sites (tertiary alicyclic amines) is 1. The van der Waals surface area contributed by atoms with Gasteiger partial charge in [0.15, 0.2) is 0 Å². The van der Waals surface area contributed by atoms with Crippen molar-refractivity contribution in [2.45, 2.75) is 39.7 Å². The summed E-state index contributed by atoms with van der Waals surface area (Å²) in [6, 6.07) is 5.13. The first-order valence-electron chi connectivity index (χ1n) is 8.40. The number of halogens is 1. The summed E-state index contributed by atoms with van der Waals surface area (Å²) in [6.45, 7) is 7.30. The van der Waals surface area contributed by atoms with Crippen LogP contribution < -0.4 is 5.32 Å². The van der Waals surface area contributed by atoms with Crippen LogP contribution in [0.4, 0.5) is 5.69 Å². The highest BCUT2D eigenvalue weighted by atomic mass is 35.5. The molecule has 6 heteroatoms. The number of rotatable bonds is 5. The van der Waals surface area contributed by atoms with Crippen molar-refractivity contribution < 1.29 is 14.3 Å². The van der Waals surface area contributed by atoms with Gasteiger partial charge in [0, 0.05) is 17.3 Å². The Hall–Kier alpha value is -1.59. The lowest BCUT2D eigenvalue weighted by atomic mass is 9.97. The summed E-state index contributed by atoms with van der Waals surface area (Å²) in [5.41, 5.74) is 1.57. The summed E-state index contributed by atoms with van der Waals surface area (Å²) in [7, 11) is 0. The van der Waals surface area contributed by atoms with Crippen molar-refractivity contribution in [3.8, 4) is 0 Å². The molecule has 5 nitrogen and oxygen atoms in total. The van der Waals surface area contributed by atoms with Crippen molar-refractivity contribution in [3.63, 3.8) is 0 Å². The number of carbonyl (C=O) groups excluding carboxylic acids is 2. The zero-order valence-corrected chi connectivity index (χ0v) is 15.2. The number of benzene rings is 1. The maximum Gasteiger partial charge on any atom is 0.310 e. The first-order chi connectivity index (χ1) is 11.4. The van der Waals surface area contributed by atoms with E-state index in [9.17, 15) is 9.59 Å². The molecule has 1 saturated heterocycles. The van der Waals surface area contributed by atoms with E-state index in [1.165, 1.54) is 0 Å². The van der Waals surface area contributed by atoms with Gasteiger partial charge in [-0.1, -0.05) is 17.7 Å². The van der Waals surface area contributed by atoms with Gasteiger partial charge < -0.3 is 10.1 Å². The maximum absolute atomic E-state index is 12.6. The number of esters is 1. The summed E-state index contributed by atoms with van der Waals surface area (Å²) in [5, 5.41) is 3.56. The molecule has 0 bridgehead atoms. The first kappa shape index (κ1) is 18.7. The average molecular weight is 353 g/mol. The SMILES string of the molecule is CCOC(=O)C1CCCN(C(C)C(=O)Nc2cccc(Cl)c2C)C1. The van der Waals surface area contributed by atoms with Crippen molar-refractivity contribution in [3.05, 3.63) is 28.8 Å². The molecule has 1 amide bonds. The molecule has 0 radical (unpaired) electrons. The van der Waals surface area contributed by atoms with Crippen LogP contribution in [0.2, 0.25) is 5.02 Å². The van der Waals surface area contributed by atoms with E-state index in [2.05, 4.69) is 5.32 Å². The second-order valence-electron chi connectivity index (χ2n) is 6.16. The van der Waals surface area contributed by atoms with Crippen LogP contribution in [0.25, 0.3) is 0 Å². The molecule has 1 fully saturated rings. The summed E-state index contributed by atoms with van der Waals surface area (Å²) in [6.07, 6.45) is 1.70. The largest absolute Gasteiger partial charge is 0.466 e. The first-order valence-corrected chi connectivity index (χ1v) is 8.78. The Morgan fingerprint density at radius 2 is 2.21 bits per heavy atom. The molecule has 2 atom stereocenters. The van der Waals surface area contributed by atoms with E-state index >= 15 is 0 Å². The molecule has 0 aliphatic carbocycles. The van der Waals surface area contributed by atoms with Crippen molar-refractivity contribution in [1.29, 1.82) is 0 Å². The van der Waals surface area contributed by atoms with E-state index in [1.54, 1.807) is 6.07 Å². The summed E-state index contributed by atoms with van der Waals surface area (Å²) >= 11 is 6.10. The molecule has 132 valence electrons. The third-order valence-corrected chi connectivity index (χ3v) is 4.93. The average Bonchev–Trinajstić information content (AvgIpc) is 2.58. The third-order valence-electron chi connectivity index (χ3n) is 4.53. The normalized spacial score (nSPS) is 19.6. The fourth-order valence-corrected chi connectivity index (χ4v) is 3.13. The third kappa shape index (κ3) is 4.48. The number of ether oxygens (including phenoxy) is 1. The van der Waals surface area contributed by atoms with Crippen molar-refractivity contribution in [2.75, 3.05) is 25.0 Å². The van der Waals surface area contributed by atoms with Gasteiger partial charge in [0.2, 0.25) is 5.91 Å². The van der Waals surface area contributed by atoms with Gasteiger partial charge in [-0.05, 0) is 57.9 Å². The van der Waals surface area contributed by atoms with Crippen LogP contribution in [0.15, 0.2) is 18.2 Å². The van der Waals surface area contributed by atoms with Gasteiger partial charge in [0.1, 0.15) is 0 Å². The van der Waals surface area contributed by atoms with Gasteiger partial charge in [-0.25, -0.2) is 0 Å². The van der Waals surface area contributed by atoms with E-state index in [-0.39, 0.29) is 23.8 Å². The van der Waals surface area contributed by atoms with Crippen molar-refractivity contribution >= 4 is 29.2 Å². The van der Waals surface area contributed by atoms with E-state index in [4.69, 9.17) is 16.3 Å². The Morgan fingerprint density at radius 3 is 2.92 bits per heavy atom. The summed E-state index contributed by atoms with van der Waals surface area (Å²) in [5.74, 6) is -0.410. The van der Waals surface area contributed by atoms with Gasteiger partial charge in [-0.3, -0.25) is 14.5 Å². The van der Waals surface area contributed by atoms with Gasteiger partial charge >= 0.3 is 5.97 Å². The second-order valence-corrected chi connectivity index (χ2v) is 6.57. The number of hydrogen-bond donors (Lipinski definition) is 1. The zero-order chi connectivity index (χ0) is 17.7. The predicted octanol–water partition coefficient (Wildman–Crippen LogP) is 3.25. The van der Waals surface area contributed by atoms with Crippen molar-refractivity contribution in [1.82, 2.24) is 4.90 Å². The number of anilines is 1. The fraction of sp³-hybridized carbons (Fsp3) is 0.556. The highest BCUT2D eigenvalue weighted by Gasteiger charge is 2.31. The van der Waals surface area contributed by atoms with Gasteiger partial charge in [0.25, 0.3) is 0 Å². The van der Waals surface area contributed by atoms with Crippen molar-refractivity contribution in [2.24, 2.45) is 5.92 Å². The predicted molar refractivity (Wildman–Crippen MR) is 95.2 cm³/mol. The van der Waals surface area contributed by atoms with E-state index in [1.807, 2.05) is 37.8 Å². The molecular formula is C18H25ClN2O3. The minimum Gasteiger partial charge on any atom is -0.466 e. The Morgan fingerprint density at radius 1 is 1.46 bits per heavy atom. The van der Waals surface area contributed by atoms with Crippen LogP contribution in [0.3, 0.4) is 0 Å². The van der Waals surface area contributed by atoms with Crippen LogP contribution in [0, 0.1) is 12.8 Å². The minimum absolute atomic E-state index is 0.0927. The Kier molecular flexibility index (Phi) is 6.63. The van der Waals surface area contributed by atoms with Crippen LogP contribution in [0.1, 0.15) is 32.3 Å². The number of hydrogen-bond acceptors (Lipinski definition) is 4. The topological polar surface area (TPSA) is 58.6 Å². The second kappa shape index (κ2) is 8.49. The molecule has 0 spiro atoms. The smallest absolute Gasteiger partial charge is 0.310 e. The highest BCUT2D eigenvalue weighted by Crippen LogP contribution is 2.24. The molecule has 2 rings (SSSR count). The molecule has 1 aromatic rings. The van der Waals surface area contributed by atoms with Gasteiger partial charge in [0.05, 0.1) is 18.6 Å². The zero-order valence-electron chi connectivity index (χ0n) is 14.5. The standard InChI is InChI=1S/C18H25ClN2O3/c1-4-24-18(23)14-7-6-10-21(11-14)13(3)17(22)20-16-9-5-8-15(19)12(16)2/h5,8-9,13-14H,4,6-7,10-11H2,1-3H3,(H,20,22). The van der Waals surface area contributed by atoms with Crippen LogP contribution in [-0.2, 0) is 14.3 Å². The number of amides is 1. The van der Waals surface area contributed by atoms with Gasteiger partial charge in [-0.15, -0.1) is 0 Å². The molecule has 1 aromatic carbocycles. The molecule has 0 saturated carbocycles. The Labute approximate surface area is 148 Å².